The van der Waals surface area contributed by atoms with Crippen LogP contribution in [0.5, 0.6) is 11.5 Å². The van der Waals surface area contributed by atoms with Gasteiger partial charge in [0.25, 0.3) is 5.56 Å². The fraction of sp³-hybridized carbons (Fsp3) is 0.292. The first kappa shape index (κ1) is 25.8. The monoisotopic (exact) mass is 497 g/mol. The summed E-state index contributed by atoms with van der Waals surface area (Å²) in [5, 5.41) is 13.4. The number of benzene rings is 2. The number of nitrogens with one attached hydrogen (secondary N) is 3. The number of nitrogens with zero attached hydrogens (tertiary/aromatic N) is 2. The molecule has 3 aromatic rings. The molecule has 2 amide bonds. The molecular weight excluding hydrogens is 470 g/mol. The number of carbonyl (C=O) groups is 2. The van der Waals surface area contributed by atoms with Crippen molar-refractivity contribution in [1.29, 1.82) is 0 Å². The van der Waals surface area contributed by atoms with Crippen molar-refractivity contribution in [1.82, 2.24) is 15.2 Å². The van der Waals surface area contributed by atoms with Gasteiger partial charge in [0.2, 0.25) is 11.8 Å². The molecule has 1 atom stereocenters. The number of anilines is 2. The Bertz CT molecular complexity index is 1270. The van der Waals surface area contributed by atoms with E-state index >= 15 is 0 Å². The van der Waals surface area contributed by atoms with Gasteiger partial charge in [-0.25, -0.2) is 0 Å². The summed E-state index contributed by atoms with van der Waals surface area (Å²) in [7, 11) is 3.05. The average molecular weight is 498 g/mol. The molecule has 0 bridgehead atoms. The molecule has 2 aromatic carbocycles. The third kappa shape index (κ3) is 6.60. The maximum absolute atomic E-state index is 12.9. The van der Waals surface area contributed by atoms with Crippen LogP contribution < -0.4 is 25.7 Å². The van der Waals surface area contributed by atoms with Gasteiger partial charge in [-0.3, -0.25) is 19.4 Å². The lowest BCUT2D eigenvalue weighted by Crippen LogP contribution is -2.25. The summed E-state index contributed by atoms with van der Waals surface area (Å²) in [4.78, 5) is 40.0. The van der Waals surface area contributed by atoms with Gasteiger partial charge in [0.1, 0.15) is 11.5 Å². The highest BCUT2D eigenvalue weighted by atomic mass is 32.2. The van der Waals surface area contributed by atoms with Crippen molar-refractivity contribution in [2.75, 3.05) is 24.9 Å². The van der Waals surface area contributed by atoms with Gasteiger partial charge in [-0.15, -0.1) is 10.2 Å². The number of ether oxygens (including phenoxy) is 2. The first-order valence-corrected chi connectivity index (χ1v) is 11.7. The summed E-state index contributed by atoms with van der Waals surface area (Å²) >= 11 is 1.10. The van der Waals surface area contributed by atoms with E-state index in [9.17, 15) is 14.4 Å². The third-order valence-electron chi connectivity index (χ3n) is 4.95. The van der Waals surface area contributed by atoms with Gasteiger partial charge in [0.05, 0.1) is 25.2 Å². The largest absolute Gasteiger partial charge is 0.497 e. The van der Waals surface area contributed by atoms with E-state index in [1.165, 1.54) is 21.1 Å². The molecule has 10 nitrogen and oxygen atoms in total. The van der Waals surface area contributed by atoms with Crippen LogP contribution in [0.3, 0.4) is 0 Å². The fourth-order valence-corrected chi connectivity index (χ4v) is 4.11. The van der Waals surface area contributed by atoms with Crippen molar-refractivity contribution >= 4 is 35.0 Å². The number of carbonyl (C=O) groups excluding carboxylic acids is 2. The standard InChI is InChI=1S/C24H27N5O5S/c1-6-20(22(31)26-15-10-16(33-4)12-17(11-15)34-5)35-24-27-23(32)21(28-29-24)18-9-13(2)7-8-19(18)25-14(3)30/h7-12,20H,6H2,1-5H3,(H,25,30)(H,26,31)(H,27,29,32). The smallest absolute Gasteiger partial charge is 0.278 e. The molecule has 11 heteroatoms. The summed E-state index contributed by atoms with van der Waals surface area (Å²) in [5.41, 5.74) is 1.93. The number of aryl methyl sites for hydroxylation is 1. The first-order valence-electron chi connectivity index (χ1n) is 10.8. The molecule has 0 radical (unpaired) electrons. The maximum Gasteiger partial charge on any atom is 0.278 e. The van der Waals surface area contributed by atoms with Crippen LogP contribution in [-0.4, -0.2) is 46.5 Å². The molecule has 3 rings (SSSR count). The summed E-state index contributed by atoms with van der Waals surface area (Å²) in [6, 6.07) is 10.4. The number of hydrogen-bond donors (Lipinski definition) is 3. The lowest BCUT2D eigenvalue weighted by molar-refractivity contribution is -0.116. The van der Waals surface area contributed by atoms with Crippen LogP contribution in [0.2, 0.25) is 0 Å². The van der Waals surface area contributed by atoms with Crippen molar-refractivity contribution in [2.24, 2.45) is 0 Å². The van der Waals surface area contributed by atoms with Crippen LogP contribution in [0.4, 0.5) is 11.4 Å². The van der Waals surface area contributed by atoms with E-state index < -0.39 is 10.8 Å². The summed E-state index contributed by atoms with van der Waals surface area (Å²) in [6.45, 7) is 5.11. The molecule has 35 heavy (non-hydrogen) atoms. The highest BCUT2D eigenvalue weighted by Crippen LogP contribution is 2.29. The predicted molar refractivity (Wildman–Crippen MR) is 135 cm³/mol. The topological polar surface area (TPSA) is 135 Å². The van der Waals surface area contributed by atoms with E-state index in [1.54, 1.807) is 30.3 Å². The molecule has 0 fully saturated rings. The lowest BCUT2D eigenvalue weighted by atomic mass is 10.1. The number of aromatic amines is 1. The Kier molecular flexibility index (Phi) is 8.48. The second kappa shape index (κ2) is 11.5. The molecule has 0 spiro atoms. The third-order valence-corrected chi connectivity index (χ3v) is 6.19. The number of hydrogen-bond acceptors (Lipinski definition) is 8. The van der Waals surface area contributed by atoms with Crippen LogP contribution in [0.1, 0.15) is 25.8 Å². The van der Waals surface area contributed by atoms with Crippen LogP contribution in [-0.2, 0) is 9.59 Å². The van der Waals surface area contributed by atoms with E-state index in [-0.39, 0.29) is 22.7 Å². The zero-order chi connectivity index (χ0) is 25.5. The van der Waals surface area contributed by atoms with Gasteiger partial charge >= 0.3 is 0 Å². The summed E-state index contributed by atoms with van der Waals surface area (Å²) < 4.78 is 10.5. The maximum atomic E-state index is 12.9. The fourth-order valence-electron chi connectivity index (χ4n) is 3.26. The summed E-state index contributed by atoms with van der Waals surface area (Å²) in [6.07, 6.45) is 0.480. The number of H-pyrrole nitrogens is 1. The van der Waals surface area contributed by atoms with Crippen molar-refractivity contribution in [3.63, 3.8) is 0 Å². The van der Waals surface area contributed by atoms with E-state index in [2.05, 4.69) is 25.8 Å². The second-order valence-corrected chi connectivity index (χ2v) is 8.83. The Morgan fingerprint density at radius 1 is 1.06 bits per heavy atom. The minimum absolute atomic E-state index is 0.0720. The van der Waals surface area contributed by atoms with Gasteiger partial charge in [-0.1, -0.05) is 30.3 Å². The van der Waals surface area contributed by atoms with Gasteiger partial charge in [0, 0.05) is 36.4 Å². The molecule has 0 saturated heterocycles. The lowest BCUT2D eigenvalue weighted by Gasteiger charge is -2.15. The molecule has 1 heterocycles. The van der Waals surface area contributed by atoms with Crippen LogP contribution in [0.25, 0.3) is 11.3 Å². The van der Waals surface area contributed by atoms with E-state index in [1.807, 2.05) is 19.9 Å². The van der Waals surface area contributed by atoms with E-state index in [0.717, 1.165) is 17.3 Å². The number of thioether (sulfide) groups is 1. The van der Waals surface area contributed by atoms with Crippen molar-refractivity contribution in [3.05, 3.63) is 52.3 Å². The van der Waals surface area contributed by atoms with Crippen molar-refractivity contribution < 1.29 is 19.1 Å². The highest BCUT2D eigenvalue weighted by molar-refractivity contribution is 8.00. The molecule has 1 unspecified atom stereocenters. The molecule has 0 saturated carbocycles. The molecule has 184 valence electrons. The van der Waals surface area contributed by atoms with Gasteiger partial charge in [-0.2, -0.15) is 0 Å². The zero-order valence-electron chi connectivity index (χ0n) is 20.1. The highest BCUT2D eigenvalue weighted by Gasteiger charge is 2.21. The normalized spacial score (nSPS) is 11.5. The van der Waals surface area contributed by atoms with Gasteiger partial charge in [0.15, 0.2) is 10.9 Å². The number of amides is 2. The first-order chi connectivity index (χ1) is 16.7. The Labute approximate surface area is 206 Å². The predicted octanol–water partition coefficient (Wildman–Crippen LogP) is 3.63. The van der Waals surface area contributed by atoms with Crippen LogP contribution in [0.15, 0.2) is 46.3 Å². The molecule has 0 aliphatic rings. The SMILES string of the molecule is CCC(Sc1nnc(-c2cc(C)ccc2NC(C)=O)c(=O)[nH]1)C(=O)Nc1cc(OC)cc(OC)c1. The molecule has 0 aliphatic carbocycles. The number of rotatable bonds is 9. The Balaban J connectivity index is 1.81. The second-order valence-electron chi connectivity index (χ2n) is 7.64. The average Bonchev–Trinajstić information content (AvgIpc) is 2.83. The van der Waals surface area contributed by atoms with Crippen LogP contribution >= 0.6 is 11.8 Å². The van der Waals surface area contributed by atoms with E-state index in [0.29, 0.717) is 34.9 Å². The van der Waals surface area contributed by atoms with Crippen molar-refractivity contribution in [3.8, 4) is 22.8 Å². The quantitative estimate of drug-likeness (QED) is 0.382. The number of methoxy groups -OCH3 is 2. The van der Waals surface area contributed by atoms with Crippen molar-refractivity contribution in [2.45, 2.75) is 37.6 Å². The minimum Gasteiger partial charge on any atom is -0.497 e. The molecule has 1 aromatic heterocycles. The minimum atomic E-state index is -0.545. The van der Waals surface area contributed by atoms with E-state index in [4.69, 9.17) is 9.47 Å². The van der Waals surface area contributed by atoms with Gasteiger partial charge in [-0.05, 0) is 25.5 Å². The Morgan fingerprint density at radius 2 is 1.74 bits per heavy atom. The zero-order valence-corrected chi connectivity index (χ0v) is 20.9. The van der Waals surface area contributed by atoms with Crippen LogP contribution in [0, 0.1) is 6.92 Å². The Hall–Kier alpha value is -3.86. The Morgan fingerprint density at radius 3 is 2.31 bits per heavy atom. The molecule has 3 N–H and O–H groups in total. The molecule has 0 aliphatic heterocycles. The summed E-state index contributed by atoms with van der Waals surface area (Å²) in [5.74, 6) is 0.546. The van der Waals surface area contributed by atoms with Gasteiger partial charge < -0.3 is 20.1 Å². The number of aromatic nitrogens is 3. The molecular formula is C24H27N5O5S.